The Labute approximate surface area is 118 Å². The Morgan fingerprint density at radius 1 is 1.26 bits per heavy atom. The van der Waals surface area contributed by atoms with E-state index in [-0.39, 0.29) is 5.91 Å². The lowest BCUT2D eigenvalue weighted by Crippen LogP contribution is -2.45. The molecule has 1 rings (SSSR count). The largest absolute Gasteiger partial charge is 0.355 e. The Hall–Kier alpha value is -0.610. The molecule has 0 atom stereocenters. The molecule has 1 saturated heterocycles. The number of hydrogen-bond acceptors (Lipinski definition) is 3. The van der Waals surface area contributed by atoms with Crippen molar-refractivity contribution in [3.8, 4) is 0 Å². The van der Waals surface area contributed by atoms with Gasteiger partial charge in [-0.2, -0.15) is 0 Å². The third kappa shape index (κ3) is 6.92. The van der Waals surface area contributed by atoms with E-state index in [1.807, 2.05) is 0 Å². The topological polar surface area (TPSA) is 44.4 Å². The highest BCUT2D eigenvalue weighted by atomic mass is 16.2. The van der Waals surface area contributed by atoms with Gasteiger partial charge in [0, 0.05) is 19.1 Å². The fraction of sp³-hybridized carbons (Fsp3) is 0.933. The van der Waals surface area contributed by atoms with Crippen molar-refractivity contribution in [2.75, 3.05) is 32.7 Å². The van der Waals surface area contributed by atoms with Crippen LogP contribution in [0.3, 0.4) is 0 Å². The molecule has 0 bridgehead atoms. The summed E-state index contributed by atoms with van der Waals surface area (Å²) in [6.07, 6.45) is 2.47. The summed E-state index contributed by atoms with van der Waals surface area (Å²) < 4.78 is 0. The van der Waals surface area contributed by atoms with Gasteiger partial charge in [0.25, 0.3) is 0 Å². The number of carbonyl (C=O) groups is 1. The summed E-state index contributed by atoms with van der Waals surface area (Å²) in [5, 5.41) is 6.40. The molecule has 0 unspecified atom stereocenters. The highest BCUT2D eigenvalue weighted by Crippen LogP contribution is 2.14. The molecule has 0 aromatic carbocycles. The van der Waals surface area contributed by atoms with Crippen molar-refractivity contribution in [3.63, 3.8) is 0 Å². The SMILES string of the molecule is CC(C)CNC(=O)CN(CC1CCNCC1)C(C)C. The molecular formula is C15H31N3O. The van der Waals surface area contributed by atoms with Gasteiger partial charge in [0.1, 0.15) is 0 Å². The standard InChI is InChI=1S/C15H31N3O/c1-12(2)9-17-15(19)11-18(13(3)4)10-14-5-7-16-8-6-14/h12-14,16H,5-11H2,1-4H3,(H,17,19). The minimum Gasteiger partial charge on any atom is -0.355 e. The average Bonchev–Trinajstić information content (AvgIpc) is 2.36. The van der Waals surface area contributed by atoms with Gasteiger partial charge in [-0.15, -0.1) is 0 Å². The molecule has 112 valence electrons. The molecule has 0 aromatic rings. The summed E-state index contributed by atoms with van der Waals surface area (Å²) in [7, 11) is 0. The van der Waals surface area contributed by atoms with Crippen molar-refractivity contribution in [2.45, 2.75) is 46.6 Å². The zero-order valence-electron chi connectivity index (χ0n) is 13.0. The minimum absolute atomic E-state index is 0.163. The van der Waals surface area contributed by atoms with E-state index in [2.05, 4.69) is 43.2 Å². The highest BCUT2D eigenvalue weighted by molar-refractivity contribution is 5.78. The monoisotopic (exact) mass is 269 g/mol. The first-order valence-electron chi connectivity index (χ1n) is 7.70. The Morgan fingerprint density at radius 3 is 2.42 bits per heavy atom. The maximum Gasteiger partial charge on any atom is 0.234 e. The zero-order chi connectivity index (χ0) is 14.3. The lowest BCUT2D eigenvalue weighted by molar-refractivity contribution is -0.123. The van der Waals surface area contributed by atoms with Gasteiger partial charge < -0.3 is 10.6 Å². The summed E-state index contributed by atoms with van der Waals surface area (Å²) in [5.41, 5.74) is 0. The van der Waals surface area contributed by atoms with Crippen LogP contribution in [0, 0.1) is 11.8 Å². The van der Waals surface area contributed by atoms with Gasteiger partial charge in [0.05, 0.1) is 6.54 Å². The van der Waals surface area contributed by atoms with E-state index >= 15 is 0 Å². The number of nitrogens with zero attached hydrogens (tertiary/aromatic N) is 1. The molecule has 1 aliphatic rings. The zero-order valence-corrected chi connectivity index (χ0v) is 13.0. The first-order valence-corrected chi connectivity index (χ1v) is 7.70. The lowest BCUT2D eigenvalue weighted by Gasteiger charge is -2.32. The Kier molecular flexibility index (Phi) is 7.39. The molecule has 0 aliphatic carbocycles. The number of carbonyl (C=O) groups excluding carboxylic acids is 1. The molecule has 0 radical (unpaired) electrons. The van der Waals surface area contributed by atoms with Crippen molar-refractivity contribution in [1.29, 1.82) is 0 Å². The van der Waals surface area contributed by atoms with Crippen molar-refractivity contribution >= 4 is 5.91 Å². The third-order valence-corrected chi connectivity index (χ3v) is 3.74. The van der Waals surface area contributed by atoms with Crippen LogP contribution < -0.4 is 10.6 Å². The second-order valence-corrected chi connectivity index (χ2v) is 6.41. The van der Waals surface area contributed by atoms with E-state index in [0.29, 0.717) is 18.5 Å². The van der Waals surface area contributed by atoms with Gasteiger partial charge in [-0.1, -0.05) is 13.8 Å². The van der Waals surface area contributed by atoms with Crippen LogP contribution in [-0.4, -0.2) is 49.6 Å². The first kappa shape index (κ1) is 16.4. The van der Waals surface area contributed by atoms with Gasteiger partial charge in [0.2, 0.25) is 5.91 Å². The van der Waals surface area contributed by atoms with Crippen LogP contribution in [-0.2, 0) is 4.79 Å². The van der Waals surface area contributed by atoms with E-state index in [4.69, 9.17) is 0 Å². The first-order chi connectivity index (χ1) is 8.99. The summed E-state index contributed by atoms with van der Waals surface area (Å²) in [6.45, 7) is 13.2. The number of piperidine rings is 1. The summed E-state index contributed by atoms with van der Waals surface area (Å²) >= 11 is 0. The van der Waals surface area contributed by atoms with Crippen molar-refractivity contribution in [1.82, 2.24) is 15.5 Å². The molecule has 0 spiro atoms. The molecule has 1 heterocycles. The van der Waals surface area contributed by atoms with Crippen LogP contribution >= 0.6 is 0 Å². The van der Waals surface area contributed by atoms with Crippen LogP contribution in [0.25, 0.3) is 0 Å². The van der Waals surface area contributed by atoms with Gasteiger partial charge in [-0.3, -0.25) is 9.69 Å². The Morgan fingerprint density at radius 2 is 1.89 bits per heavy atom. The molecule has 19 heavy (non-hydrogen) atoms. The molecule has 1 fully saturated rings. The lowest BCUT2D eigenvalue weighted by atomic mass is 9.97. The number of rotatable bonds is 7. The quantitative estimate of drug-likeness (QED) is 0.735. The smallest absolute Gasteiger partial charge is 0.234 e. The van der Waals surface area contributed by atoms with Crippen LogP contribution in [0.4, 0.5) is 0 Å². The molecule has 0 aromatic heterocycles. The highest BCUT2D eigenvalue weighted by Gasteiger charge is 2.20. The minimum atomic E-state index is 0.163. The van der Waals surface area contributed by atoms with E-state index in [0.717, 1.165) is 32.1 Å². The number of hydrogen-bond donors (Lipinski definition) is 2. The number of amides is 1. The Bertz CT molecular complexity index is 260. The third-order valence-electron chi connectivity index (χ3n) is 3.74. The van der Waals surface area contributed by atoms with Crippen LogP contribution in [0.5, 0.6) is 0 Å². The second kappa shape index (κ2) is 8.54. The maximum absolute atomic E-state index is 11.9. The molecule has 1 amide bonds. The predicted molar refractivity (Wildman–Crippen MR) is 80.2 cm³/mol. The average molecular weight is 269 g/mol. The molecule has 4 nitrogen and oxygen atoms in total. The molecule has 2 N–H and O–H groups in total. The van der Waals surface area contributed by atoms with Crippen molar-refractivity contribution in [3.05, 3.63) is 0 Å². The molecule has 0 saturated carbocycles. The van der Waals surface area contributed by atoms with Gasteiger partial charge in [-0.25, -0.2) is 0 Å². The van der Waals surface area contributed by atoms with Crippen LogP contribution in [0.1, 0.15) is 40.5 Å². The summed E-state index contributed by atoms with van der Waals surface area (Å²) in [6, 6.07) is 0.430. The Balaban J connectivity index is 2.36. The van der Waals surface area contributed by atoms with E-state index in [9.17, 15) is 4.79 Å². The summed E-state index contributed by atoms with van der Waals surface area (Å²) in [4.78, 5) is 14.3. The van der Waals surface area contributed by atoms with Crippen LogP contribution in [0.2, 0.25) is 0 Å². The van der Waals surface area contributed by atoms with Crippen molar-refractivity contribution in [2.24, 2.45) is 11.8 Å². The fourth-order valence-electron chi connectivity index (χ4n) is 2.41. The van der Waals surface area contributed by atoms with Crippen LogP contribution in [0.15, 0.2) is 0 Å². The maximum atomic E-state index is 11.9. The fourth-order valence-corrected chi connectivity index (χ4v) is 2.41. The van der Waals surface area contributed by atoms with Gasteiger partial charge in [-0.05, 0) is 51.6 Å². The van der Waals surface area contributed by atoms with Crippen molar-refractivity contribution < 1.29 is 4.79 Å². The second-order valence-electron chi connectivity index (χ2n) is 6.41. The predicted octanol–water partition coefficient (Wildman–Crippen LogP) is 1.47. The van der Waals surface area contributed by atoms with E-state index in [1.54, 1.807) is 0 Å². The molecule has 1 aliphatic heterocycles. The van der Waals surface area contributed by atoms with Gasteiger partial charge in [0.15, 0.2) is 0 Å². The molecular weight excluding hydrogens is 238 g/mol. The normalized spacial score (nSPS) is 17.4. The number of nitrogens with one attached hydrogen (secondary N) is 2. The molecule has 4 heteroatoms. The van der Waals surface area contributed by atoms with Gasteiger partial charge >= 0.3 is 0 Å². The summed E-state index contributed by atoms with van der Waals surface area (Å²) in [5.74, 6) is 1.42. The van der Waals surface area contributed by atoms with E-state index in [1.165, 1.54) is 12.8 Å². The van der Waals surface area contributed by atoms with E-state index < -0.39 is 0 Å².